The summed E-state index contributed by atoms with van der Waals surface area (Å²) >= 11 is 1.18. The highest BCUT2D eigenvalue weighted by Crippen LogP contribution is 2.40. The molecule has 1 aromatic rings. The maximum absolute atomic E-state index is 12.9. The van der Waals surface area contributed by atoms with E-state index in [1.54, 1.807) is 0 Å². The van der Waals surface area contributed by atoms with Gasteiger partial charge in [0, 0.05) is 11.3 Å². The van der Waals surface area contributed by atoms with Crippen molar-refractivity contribution < 1.29 is 38.7 Å². The van der Waals surface area contributed by atoms with Crippen LogP contribution in [-0.4, -0.2) is 81.9 Å². The predicted molar refractivity (Wildman–Crippen MR) is 113 cm³/mol. The molecule has 0 aliphatic carbocycles. The molecule has 2 atom stereocenters. The van der Waals surface area contributed by atoms with Gasteiger partial charge in [0.1, 0.15) is 42.3 Å². The molecule has 2 aliphatic rings. The standard InChI is InChI=1S/C18H18N6O8S/c1-31-23-11(9-3-2-4-10(21-9)20-7-25)14(26)22-12-15(27)24-13(17(28)29)8(5-32-18(19)30)6-33-16(12)24/h2-4,7,12,16H,5-6H2,1H3,(H2,19,30)(H,22,26)(H,28,29)(H,20,21,25)/t12?,16-/m0/s1. The number of hydrogen-bond donors (Lipinski definition) is 4. The number of thioether (sulfide) groups is 1. The normalized spacial score (nSPS) is 19.7. The average Bonchev–Trinajstić information content (AvgIpc) is 2.78. The van der Waals surface area contributed by atoms with Crippen molar-refractivity contribution in [2.45, 2.75) is 11.4 Å². The van der Waals surface area contributed by atoms with Gasteiger partial charge < -0.3 is 31.0 Å². The Morgan fingerprint density at radius 3 is 2.82 bits per heavy atom. The number of fused-ring (bicyclic) bond motifs is 1. The number of oxime groups is 1. The van der Waals surface area contributed by atoms with Crippen molar-refractivity contribution in [3.63, 3.8) is 0 Å². The lowest BCUT2D eigenvalue weighted by atomic mass is 10.0. The van der Waals surface area contributed by atoms with Crippen LogP contribution in [0.3, 0.4) is 0 Å². The van der Waals surface area contributed by atoms with Gasteiger partial charge >= 0.3 is 12.1 Å². The number of hydrogen-bond acceptors (Lipinski definition) is 10. The Bertz CT molecular complexity index is 1070. The van der Waals surface area contributed by atoms with E-state index in [4.69, 9.17) is 10.6 Å². The first kappa shape index (κ1) is 23.5. The van der Waals surface area contributed by atoms with Gasteiger partial charge in [0.2, 0.25) is 6.41 Å². The summed E-state index contributed by atoms with van der Waals surface area (Å²) in [5, 5.41) is 17.4. The quantitative estimate of drug-likeness (QED) is 0.145. The summed E-state index contributed by atoms with van der Waals surface area (Å²) in [5.41, 5.74) is 4.61. The Labute approximate surface area is 190 Å². The molecule has 0 bridgehead atoms. The highest BCUT2D eigenvalue weighted by atomic mass is 32.2. The molecule has 1 fully saturated rings. The molecule has 3 heterocycles. The number of pyridine rings is 1. The highest BCUT2D eigenvalue weighted by molar-refractivity contribution is 8.00. The predicted octanol–water partition coefficient (Wildman–Crippen LogP) is -1.17. The molecule has 3 rings (SSSR count). The van der Waals surface area contributed by atoms with Crippen LogP contribution < -0.4 is 16.4 Å². The molecule has 1 saturated heterocycles. The molecule has 14 nitrogen and oxygen atoms in total. The number of carboxylic acids is 1. The third-order valence-corrected chi connectivity index (χ3v) is 5.86. The third kappa shape index (κ3) is 4.87. The lowest BCUT2D eigenvalue weighted by Crippen LogP contribution is -2.71. The number of nitrogens with one attached hydrogen (secondary N) is 2. The first-order valence-corrected chi connectivity index (χ1v) is 10.2. The van der Waals surface area contributed by atoms with Crippen LogP contribution in [0.15, 0.2) is 34.6 Å². The minimum atomic E-state index is -1.38. The Morgan fingerprint density at radius 2 is 2.18 bits per heavy atom. The number of rotatable bonds is 9. The Hall–Kier alpha value is -4.14. The fourth-order valence-corrected chi connectivity index (χ4v) is 4.49. The van der Waals surface area contributed by atoms with Gasteiger partial charge in [-0.2, -0.15) is 0 Å². The SMILES string of the molecule is CON=C(C(=O)NC1C(=O)N2C(C(=O)O)=C(COC(N)=O)CS[C@@H]12)c1cccc(NC=O)n1. The molecule has 1 aromatic heterocycles. The summed E-state index contributed by atoms with van der Waals surface area (Å²) in [6.45, 7) is -0.376. The van der Waals surface area contributed by atoms with Gasteiger partial charge in [-0.05, 0) is 12.1 Å². The lowest BCUT2D eigenvalue weighted by Gasteiger charge is -2.49. The Morgan fingerprint density at radius 1 is 1.42 bits per heavy atom. The Balaban J connectivity index is 1.79. The second-order valence-electron chi connectivity index (χ2n) is 6.52. The summed E-state index contributed by atoms with van der Waals surface area (Å²) in [6.07, 6.45) is -0.664. The molecule has 0 saturated carbocycles. The number of carbonyl (C=O) groups is 5. The smallest absolute Gasteiger partial charge is 0.404 e. The number of nitrogens with zero attached hydrogens (tertiary/aromatic N) is 3. The zero-order chi connectivity index (χ0) is 24.1. The summed E-state index contributed by atoms with van der Waals surface area (Å²) in [5.74, 6) is -2.55. The minimum Gasteiger partial charge on any atom is -0.477 e. The molecule has 0 spiro atoms. The van der Waals surface area contributed by atoms with Crippen LogP contribution in [0.4, 0.5) is 10.6 Å². The van der Waals surface area contributed by atoms with Crippen molar-refractivity contribution in [3.05, 3.63) is 35.2 Å². The van der Waals surface area contributed by atoms with Crippen LogP contribution in [0.2, 0.25) is 0 Å². The van der Waals surface area contributed by atoms with Crippen LogP contribution in [0, 0.1) is 0 Å². The molecule has 2 aliphatic heterocycles. The average molecular weight is 478 g/mol. The summed E-state index contributed by atoms with van der Waals surface area (Å²) < 4.78 is 4.66. The molecular weight excluding hydrogens is 460 g/mol. The van der Waals surface area contributed by atoms with Gasteiger partial charge in [0.05, 0.1) is 0 Å². The molecule has 15 heteroatoms. The van der Waals surface area contributed by atoms with E-state index in [0.717, 1.165) is 4.90 Å². The largest absolute Gasteiger partial charge is 0.477 e. The summed E-state index contributed by atoms with van der Waals surface area (Å²) in [6, 6.07) is 3.42. The van der Waals surface area contributed by atoms with Crippen molar-refractivity contribution in [1.82, 2.24) is 15.2 Å². The Kier molecular flexibility index (Phi) is 7.12. The van der Waals surface area contributed by atoms with E-state index in [1.165, 1.54) is 37.1 Å². The number of amides is 4. The molecule has 174 valence electrons. The second kappa shape index (κ2) is 9.99. The molecule has 5 N–H and O–H groups in total. The zero-order valence-electron chi connectivity index (χ0n) is 17.0. The number of aromatic nitrogens is 1. The van der Waals surface area contributed by atoms with Gasteiger partial charge in [-0.25, -0.2) is 14.6 Å². The number of anilines is 1. The van der Waals surface area contributed by atoms with Crippen LogP contribution in [0.1, 0.15) is 5.69 Å². The fraction of sp³-hybridized carbons (Fsp3) is 0.278. The molecule has 33 heavy (non-hydrogen) atoms. The number of carboxylic acid groups (broad SMARTS) is 1. The van der Waals surface area contributed by atoms with E-state index in [9.17, 15) is 29.1 Å². The number of aliphatic carboxylic acids is 1. The minimum absolute atomic E-state index is 0.0677. The van der Waals surface area contributed by atoms with Crippen molar-refractivity contribution in [2.75, 3.05) is 24.8 Å². The van der Waals surface area contributed by atoms with Crippen LogP contribution in [0.5, 0.6) is 0 Å². The van der Waals surface area contributed by atoms with Crippen LogP contribution in [0.25, 0.3) is 0 Å². The van der Waals surface area contributed by atoms with Gasteiger partial charge in [0.25, 0.3) is 11.8 Å². The van der Waals surface area contributed by atoms with E-state index in [-0.39, 0.29) is 40.9 Å². The number of nitrogens with two attached hydrogens (primary N) is 1. The number of β-lactam (4-membered cyclic amide) rings is 1. The van der Waals surface area contributed by atoms with Crippen molar-refractivity contribution >= 4 is 53.6 Å². The van der Waals surface area contributed by atoms with Crippen molar-refractivity contribution in [1.29, 1.82) is 0 Å². The molecule has 0 radical (unpaired) electrons. The van der Waals surface area contributed by atoms with E-state index in [1.807, 2.05) is 0 Å². The lowest BCUT2D eigenvalue weighted by molar-refractivity contribution is -0.150. The summed E-state index contributed by atoms with van der Waals surface area (Å²) in [4.78, 5) is 68.6. The van der Waals surface area contributed by atoms with E-state index >= 15 is 0 Å². The van der Waals surface area contributed by atoms with E-state index in [2.05, 4.69) is 25.5 Å². The van der Waals surface area contributed by atoms with Gasteiger partial charge in [-0.15, -0.1) is 11.8 Å². The van der Waals surface area contributed by atoms with Crippen molar-refractivity contribution in [2.24, 2.45) is 10.9 Å². The zero-order valence-corrected chi connectivity index (χ0v) is 17.8. The monoisotopic (exact) mass is 478 g/mol. The number of primary amides is 1. The number of ether oxygens (including phenoxy) is 1. The van der Waals surface area contributed by atoms with E-state index in [0.29, 0.717) is 6.41 Å². The van der Waals surface area contributed by atoms with Gasteiger partial charge in [0.15, 0.2) is 5.71 Å². The highest BCUT2D eigenvalue weighted by Gasteiger charge is 2.54. The molecule has 4 amide bonds. The van der Waals surface area contributed by atoms with Crippen LogP contribution in [-0.2, 0) is 28.8 Å². The maximum Gasteiger partial charge on any atom is 0.404 e. The van der Waals surface area contributed by atoms with Crippen LogP contribution >= 0.6 is 11.8 Å². The fourth-order valence-electron chi connectivity index (χ4n) is 3.17. The second-order valence-corrected chi connectivity index (χ2v) is 7.62. The van der Waals surface area contributed by atoms with Gasteiger partial charge in [-0.3, -0.25) is 19.3 Å². The van der Waals surface area contributed by atoms with Crippen molar-refractivity contribution in [3.8, 4) is 0 Å². The first-order valence-electron chi connectivity index (χ1n) is 9.20. The summed E-state index contributed by atoms with van der Waals surface area (Å²) in [7, 11) is 1.22. The number of carbonyl (C=O) groups excluding carboxylic acids is 4. The molecular formula is C18H18N6O8S. The topological polar surface area (TPSA) is 203 Å². The maximum atomic E-state index is 12.9. The third-order valence-electron chi connectivity index (χ3n) is 4.52. The van der Waals surface area contributed by atoms with Gasteiger partial charge in [-0.1, -0.05) is 11.2 Å². The van der Waals surface area contributed by atoms with E-state index < -0.39 is 35.3 Å². The first-order chi connectivity index (χ1) is 15.8. The molecule has 0 aromatic carbocycles. The molecule has 1 unspecified atom stereocenters.